The Balaban J connectivity index is 1.25. The van der Waals surface area contributed by atoms with Gasteiger partial charge in [-0.1, -0.05) is 72.8 Å². The lowest BCUT2D eigenvalue weighted by molar-refractivity contribution is -0.393. The van der Waals surface area contributed by atoms with Crippen LogP contribution >= 0.6 is 0 Å². The molecule has 1 aliphatic heterocycles. The number of aromatic nitrogens is 2. The molecular weight excluding hydrogens is 646 g/mol. The minimum absolute atomic E-state index is 0.0271. The Kier molecular flexibility index (Phi) is 8.02. The number of nitroso groups, excluding NO2 is 1. The number of ketones is 2. The number of rotatable bonds is 12. The van der Waals surface area contributed by atoms with Gasteiger partial charge in [-0.2, -0.15) is 0 Å². The highest BCUT2D eigenvalue weighted by Crippen LogP contribution is 2.66. The Morgan fingerprint density at radius 1 is 0.961 bits per heavy atom. The molecule has 0 amide bonds. The summed E-state index contributed by atoms with van der Waals surface area (Å²) < 4.78 is 19.1. The predicted molar refractivity (Wildman–Crippen MR) is 189 cm³/mol. The molecule has 4 atom stereocenters. The van der Waals surface area contributed by atoms with Gasteiger partial charge in [0.05, 0.1) is 34.1 Å². The summed E-state index contributed by atoms with van der Waals surface area (Å²) in [6, 6.07) is 18.7. The summed E-state index contributed by atoms with van der Waals surface area (Å²) in [6.07, 6.45) is 5.95. The average Bonchev–Trinajstić information content (AvgIpc) is 3.53. The number of benzene rings is 2. The number of pyridine rings is 1. The number of Topliss-reactive ketones (excluding diaryl/α,β-unsaturated/α-hetero) is 2. The lowest BCUT2D eigenvalue weighted by Crippen LogP contribution is -2.51. The molecule has 11 heteroatoms. The zero-order valence-corrected chi connectivity index (χ0v) is 28.6. The van der Waals surface area contributed by atoms with Gasteiger partial charge >= 0.3 is 11.2 Å². The van der Waals surface area contributed by atoms with Crippen molar-refractivity contribution in [2.75, 3.05) is 32.1 Å². The van der Waals surface area contributed by atoms with Gasteiger partial charge in [0, 0.05) is 37.7 Å². The molecule has 3 heterocycles. The SMILES string of the molecule is C=CCN(CC=C)C1c2onc(OCc3ccccc3)c2C(=O)C23C(=C4C(=O)c5c(OCc6ccccc6)cnc(N(C)C)c5CC4CC12)[N+]3=O. The molecule has 4 aromatic rings. The molecule has 1 saturated heterocycles. The first kappa shape index (κ1) is 32.5. The van der Waals surface area contributed by atoms with E-state index in [4.69, 9.17) is 19.0 Å². The molecule has 4 aliphatic rings. The molecule has 51 heavy (non-hydrogen) atoms. The van der Waals surface area contributed by atoms with Crippen LogP contribution in [0.5, 0.6) is 11.6 Å². The Hall–Kier alpha value is -5.68. The van der Waals surface area contributed by atoms with E-state index in [9.17, 15) is 14.5 Å². The van der Waals surface area contributed by atoms with Crippen molar-refractivity contribution in [2.24, 2.45) is 11.8 Å². The summed E-state index contributed by atoms with van der Waals surface area (Å²) in [4.78, 5) is 52.7. The van der Waals surface area contributed by atoms with Gasteiger partial charge in [-0.05, 0) is 35.0 Å². The largest absolute Gasteiger partial charge is 0.486 e. The van der Waals surface area contributed by atoms with E-state index < -0.39 is 23.3 Å². The van der Waals surface area contributed by atoms with Crippen LogP contribution in [0.1, 0.15) is 55.6 Å². The van der Waals surface area contributed by atoms with Crippen LogP contribution in [0.15, 0.2) is 108 Å². The summed E-state index contributed by atoms with van der Waals surface area (Å²) >= 11 is 0. The van der Waals surface area contributed by atoms with E-state index >= 15 is 0 Å². The molecule has 0 radical (unpaired) electrons. The van der Waals surface area contributed by atoms with E-state index in [0.717, 1.165) is 21.5 Å². The summed E-state index contributed by atoms with van der Waals surface area (Å²) in [5, 5.41) is 4.24. The number of nitrogens with zero attached hydrogens (tertiary/aromatic N) is 5. The number of hydrogen-bond donors (Lipinski definition) is 0. The average molecular weight is 685 g/mol. The number of fused-ring (bicyclic) bond motifs is 3. The molecule has 11 nitrogen and oxygen atoms in total. The van der Waals surface area contributed by atoms with E-state index in [0.29, 0.717) is 54.4 Å². The van der Waals surface area contributed by atoms with Crippen molar-refractivity contribution in [1.29, 1.82) is 0 Å². The van der Waals surface area contributed by atoms with Gasteiger partial charge in [-0.15, -0.1) is 13.2 Å². The third kappa shape index (κ3) is 4.97. The molecule has 0 saturated carbocycles. The van der Waals surface area contributed by atoms with Crippen molar-refractivity contribution in [2.45, 2.75) is 37.6 Å². The summed E-state index contributed by atoms with van der Waals surface area (Å²) in [5.41, 5.74) is 2.08. The maximum Gasteiger partial charge on any atom is 0.370 e. The normalized spacial score (nSPS) is 22.7. The minimum Gasteiger partial charge on any atom is -0.486 e. The Bertz CT molecular complexity index is 2110. The van der Waals surface area contributed by atoms with Crippen LogP contribution in [0.25, 0.3) is 0 Å². The van der Waals surface area contributed by atoms with E-state index in [1.807, 2.05) is 79.7 Å². The number of hydrogen-bond acceptors (Lipinski definition) is 10. The van der Waals surface area contributed by atoms with Gasteiger partial charge in [-0.3, -0.25) is 14.5 Å². The highest BCUT2D eigenvalue weighted by Gasteiger charge is 2.89. The smallest absolute Gasteiger partial charge is 0.370 e. The summed E-state index contributed by atoms with van der Waals surface area (Å²) in [6.45, 7) is 9.20. The zero-order chi connectivity index (χ0) is 35.4. The number of carbonyl (C=O) groups excluding carboxylic acids is 2. The van der Waals surface area contributed by atoms with Crippen molar-refractivity contribution >= 4 is 17.4 Å². The van der Waals surface area contributed by atoms with E-state index in [1.54, 1.807) is 18.3 Å². The fourth-order valence-corrected chi connectivity index (χ4v) is 8.40. The lowest BCUT2D eigenvalue weighted by Gasteiger charge is -2.40. The minimum atomic E-state index is -1.60. The molecule has 2 aromatic carbocycles. The maximum atomic E-state index is 14.8. The van der Waals surface area contributed by atoms with Crippen molar-refractivity contribution in [3.63, 3.8) is 0 Å². The van der Waals surface area contributed by atoms with Crippen LogP contribution in [0.4, 0.5) is 5.82 Å². The monoisotopic (exact) mass is 684 g/mol. The van der Waals surface area contributed by atoms with Gasteiger partial charge in [0.15, 0.2) is 11.5 Å². The molecule has 0 bridgehead atoms. The Morgan fingerprint density at radius 2 is 1.61 bits per heavy atom. The van der Waals surface area contributed by atoms with Crippen molar-refractivity contribution in [3.8, 4) is 11.6 Å². The lowest BCUT2D eigenvalue weighted by atomic mass is 9.61. The molecule has 3 aliphatic carbocycles. The number of carbonyl (C=O) groups is 2. The van der Waals surface area contributed by atoms with E-state index in [1.165, 1.54) is 0 Å². The standard InChI is InChI=1S/C40H38N5O6/c1-5-17-44(18-6-2)33-28-20-26-19-27-31(29(21-41-38(27)43(3)4)49-22-24-13-9-7-10-14-24)34(46)30(26)36-40(28,45(36)48)37(47)32-35(33)51-42-39(32)50-23-25-15-11-8-12-16-25/h5-16,21,26,28,33H,1-2,17-20,22-23H2,3-4H3/q+1. The van der Waals surface area contributed by atoms with Crippen LogP contribution in [0, 0.1) is 16.7 Å². The number of ether oxygens (including phenoxy) is 2. The van der Waals surface area contributed by atoms with E-state index in [-0.39, 0.29) is 42.1 Å². The van der Waals surface area contributed by atoms with Crippen molar-refractivity contribution < 1.29 is 28.3 Å². The molecular formula is C40H38N5O6+. The summed E-state index contributed by atoms with van der Waals surface area (Å²) in [5.74, 6) is -0.273. The third-order valence-corrected chi connectivity index (χ3v) is 10.5. The summed E-state index contributed by atoms with van der Waals surface area (Å²) in [7, 11) is 3.78. The first-order valence-corrected chi connectivity index (χ1v) is 17.1. The second-order valence-corrected chi connectivity index (χ2v) is 13.7. The van der Waals surface area contributed by atoms with Gasteiger partial charge in [0.25, 0.3) is 11.7 Å². The number of anilines is 1. The van der Waals surface area contributed by atoms with Crippen LogP contribution in [-0.4, -0.2) is 64.1 Å². The molecule has 1 fully saturated rings. The Labute approximate surface area is 295 Å². The molecule has 2 aromatic heterocycles. The zero-order valence-electron chi connectivity index (χ0n) is 28.6. The quantitative estimate of drug-likeness (QED) is 0.0990. The predicted octanol–water partition coefficient (Wildman–Crippen LogP) is 6.07. The molecule has 258 valence electrons. The first-order chi connectivity index (χ1) is 24.8. The van der Waals surface area contributed by atoms with Crippen LogP contribution < -0.4 is 14.4 Å². The molecule has 8 rings (SSSR count). The second kappa shape index (κ2) is 12.6. The fourth-order valence-electron chi connectivity index (χ4n) is 8.40. The molecule has 4 unspecified atom stereocenters. The van der Waals surface area contributed by atoms with Crippen molar-refractivity contribution in [3.05, 3.63) is 142 Å². The second-order valence-electron chi connectivity index (χ2n) is 13.7. The number of allylic oxidation sites excluding steroid dienone is 1. The van der Waals surface area contributed by atoms with E-state index in [2.05, 4.69) is 23.2 Å². The Morgan fingerprint density at radius 3 is 2.24 bits per heavy atom. The van der Waals surface area contributed by atoms with Gasteiger partial charge < -0.3 is 18.9 Å². The van der Waals surface area contributed by atoms with Gasteiger partial charge in [0.2, 0.25) is 0 Å². The van der Waals surface area contributed by atoms with Crippen LogP contribution in [0.3, 0.4) is 0 Å². The topological polar surface area (TPSA) is 118 Å². The highest BCUT2D eigenvalue weighted by atomic mass is 16.5. The van der Waals surface area contributed by atoms with Gasteiger partial charge in [0.1, 0.15) is 30.3 Å². The van der Waals surface area contributed by atoms with Gasteiger partial charge in [-0.25, -0.2) is 4.98 Å². The van der Waals surface area contributed by atoms with Crippen molar-refractivity contribution in [1.82, 2.24) is 15.0 Å². The first-order valence-electron chi connectivity index (χ1n) is 17.1. The van der Waals surface area contributed by atoms with Crippen LogP contribution in [0.2, 0.25) is 0 Å². The highest BCUT2D eigenvalue weighted by molar-refractivity contribution is 6.17. The third-order valence-electron chi connectivity index (χ3n) is 10.5. The fraction of sp³-hybridized carbons (Fsp3) is 0.300. The molecule has 0 N–H and O–H groups in total. The molecule has 1 spiro atoms. The maximum absolute atomic E-state index is 14.8. The van der Waals surface area contributed by atoms with Crippen LogP contribution in [-0.2, 0) is 19.6 Å².